The first kappa shape index (κ1) is 20.6. The quantitative estimate of drug-likeness (QED) is 0.725. The number of carboxylic acid groups (broad SMARTS) is 1. The molecule has 9 heteroatoms. The Morgan fingerprint density at radius 3 is 2.54 bits per heavy atom. The summed E-state index contributed by atoms with van der Waals surface area (Å²) >= 11 is 0. The normalized spacial score (nSPS) is 22.3. The molecule has 28 heavy (non-hydrogen) atoms. The molecule has 3 rings (SSSR count). The standard InChI is InChI=1S/C19H26N2O6S/c1-13-9-15(26-3)10-14(2)19(13)28(24,25)21-8-7-20-6-4-5-16(20)17(21)11-27-12-18(22)23/h4,6,9-10,16-17H,5,7-8,11-12H2,1-3H3,(H,22,23). The molecule has 154 valence electrons. The molecule has 0 radical (unpaired) electrons. The molecule has 8 nitrogen and oxygen atoms in total. The number of nitrogens with zero attached hydrogens (tertiary/aromatic N) is 2. The number of piperazine rings is 1. The maximum absolute atomic E-state index is 13.6. The molecule has 2 atom stereocenters. The molecule has 0 saturated carbocycles. The number of aliphatic carboxylic acids is 1. The van der Waals surface area contributed by atoms with Crippen LogP contribution in [0.2, 0.25) is 0 Å². The predicted molar refractivity (Wildman–Crippen MR) is 103 cm³/mol. The van der Waals surface area contributed by atoms with Crippen LogP contribution in [0.15, 0.2) is 29.3 Å². The number of benzene rings is 1. The highest BCUT2D eigenvalue weighted by molar-refractivity contribution is 7.89. The number of hydrogen-bond acceptors (Lipinski definition) is 6. The molecule has 1 aromatic carbocycles. The number of carboxylic acids is 1. The zero-order chi connectivity index (χ0) is 20.5. The topological polar surface area (TPSA) is 96.4 Å². The van der Waals surface area contributed by atoms with Crippen LogP contribution in [0.25, 0.3) is 0 Å². The van der Waals surface area contributed by atoms with Gasteiger partial charge in [0.2, 0.25) is 10.0 Å². The minimum atomic E-state index is -3.79. The van der Waals surface area contributed by atoms with Crippen LogP contribution in [0, 0.1) is 13.8 Å². The first-order valence-corrected chi connectivity index (χ1v) is 10.6. The second-order valence-electron chi connectivity index (χ2n) is 7.11. The van der Waals surface area contributed by atoms with E-state index in [0.29, 0.717) is 36.4 Å². The van der Waals surface area contributed by atoms with Crippen LogP contribution in [0.1, 0.15) is 17.5 Å². The van der Waals surface area contributed by atoms with Crippen molar-refractivity contribution in [1.29, 1.82) is 0 Å². The van der Waals surface area contributed by atoms with Crippen LogP contribution in [0.4, 0.5) is 0 Å². The predicted octanol–water partition coefficient (Wildman–Crippen LogP) is 1.37. The van der Waals surface area contributed by atoms with Crippen molar-refractivity contribution in [2.75, 3.05) is 33.4 Å². The van der Waals surface area contributed by atoms with Crippen molar-refractivity contribution in [3.63, 3.8) is 0 Å². The van der Waals surface area contributed by atoms with Crippen molar-refractivity contribution >= 4 is 16.0 Å². The molecule has 0 amide bonds. The first-order chi connectivity index (χ1) is 13.3. The molecule has 0 aromatic heterocycles. The minimum Gasteiger partial charge on any atom is -0.497 e. The molecule has 2 aliphatic heterocycles. The Morgan fingerprint density at radius 2 is 1.93 bits per heavy atom. The Hall–Kier alpha value is -2.10. The number of aryl methyl sites for hydroxylation is 2. The molecule has 2 heterocycles. The van der Waals surface area contributed by atoms with E-state index in [1.807, 2.05) is 12.3 Å². The second-order valence-corrected chi connectivity index (χ2v) is 8.94. The van der Waals surface area contributed by atoms with E-state index in [-0.39, 0.29) is 17.5 Å². The first-order valence-electron chi connectivity index (χ1n) is 9.14. The molecule has 0 spiro atoms. The minimum absolute atomic E-state index is 0.0304. The average Bonchev–Trinajstić information content (AvgIpc) is 3.09. The molecule has 1 N–H and O–H groups in total. The van der Waals surface area contributed by atoms with Gasteiger partial charge in [-0.05, 0) is 49.7 Å². The highest BCUT2D eigenvalue weighted by Crippen LogP contribution is 2.33. The summed E-state index contributed by atoms with van der Waals surface area (Å²) in [5, 5.41) is 8.86. The largest absolute Gasteiger partial charge is 0.497 e. The number of methoxy groups -OCH3 is 1. The van der Waals surface area contributed by atoms with Crippen molar-refractivity contribution in [3.8, 4) is 5.75 Å². The number of rotatable bonds is 7. The molecule has 2 aliphatic rings. The Kier molecular flexibility index (Phi) is 5.97. The maximum Gasteiger partial charge on any atom is 0.329 e. The lowest BCUT2D eigenvalue weighted by Gasteiger charge is -2.44. The molecule has 1 fully saturated rings. The third-order valence-electron chi connectivity index (χ3n) is 5.24. The molecule has 0 aliphatic carbocycles. The van der Waals surface area contributed by atoms with Gasteiger partial charge >= 0.3 is 5.97 Å². The number of hydrogen-bond donors (Lipinski definition) is 1. The van der Waals surface area contributed by atoms with E-state index >= 15 is 0 Å². The van der Waals surface area contributed by atoms with Gasteiger partial charge in [-0.3, -0.25) is 0 Å². The van der Waals surface area contributed by atoms with E-state index in [1.54, 1.807) is 33.1 Å². The summed E-state index contributed by atoms with van der Waals surface area (Å²) in [6.07, 6.45) is 4.69. The van der Waals surface area contributed by atoms with Crippen LogP contribution in [0.3, 0.4) is 0 Å². The highest BCUT2D eigenvalue weighted by atomic mass is 32.2. The lowest BCUT2D eigenvalue weighted by atomic mass is 10.0. The van der Waals surface area contributed by atoms with E-state index in [1.165, 1.54) is 4.31 Å². The summed E-state index contributed by atoms with van der Waals surface area (Å²) in [4.78, 5) is 13.2. The number of sulfonamides is 1. The zero-order valence-electron chi connectivity index (χ0n) is 16.3. The zero-order valence-corrected chi connectivity index (χ0v) is 17.1. The molecule has 2 unspecified atom stereocenters. The van der Waals surface area contributed by atoms with Gasteiger partial charge in [0.15, 0.2) is 0 Å². The molecule has 1 saturated heterocycles. The number of ether oxygens (including phenoxy) is 2. The third-order valence-corrected chi connectivity index (χ3v) is 7.47. The molecule has 1 aromatic rings. The summed E-state index contributed by atoms with van der Waals surface area (Å²) in [6, 6.07) is 2.90. The maximum atomic E-state index is 13.6. The second kappa shape index (κ2) is 8.10. The van der Waals surface area contributed by atoms with E-state index in [2.05, 4.69) is 4.90 Å². The Balaban J connectivity index is 1.95. The van der Waals surface area contributed by atoms with Crippen LogP contribution in [-0.2, 0) is 19.6 Å². The smallest absolute Gasteiger partial charge is 0.329 e. The van der Waals surface area contributed by atoms with Crippen LogP contribution in [0.5, 0.6) is 5.75 Å². The summed E-state index contributed by atoms with van der Waals surface area (Å²) in [6.45, 7) is 3.99. The van der Waals surface area contributed by atoms with Crippen molar-refractivity contribution < 1.29 is 27.8 Å². The molecule has 0 bridgehead atoms. The Labute approximate surface area is 165 Å². The lowest BCUT2D eigenvalue weighted by Crippen LogP contribution is -2.60. The van der Waals surface area contributed by atoms with Crippen LogP contribution in [-0.4, -0.2) is 74.2 Å². The molecular weight excluding hydrogens is 384 g/mol. The van der Waals surface area contributed by atoms with E-state index in [4.69, 9.17) is 14.6 Å². The van der Waals surface area contributed by atoms with Gasteiger partial charge < -0.3 is 19.5 Å². The average molecular weight is 410 g/mol. The van der Waals surface area contributed by atoms with E-state index in [9.17, 15) is 13.2 Å². The Morgan fingerprint density at radius 1 is 1.25 bits per heavy atom. The van der Waals surface area contributed by atoms with Gasteiger partial charge in [-0.2, -0.15) is 4.31 Å². The molecular formula is C19H26N2O6S. The SMILES string of the molecule is COc1cc(C)c(S(=O)(=O)N2CCN3C=CCC3C2COCC(=O)O)c(C)c1. The van der Waals surface area contributed by atoms with Gasteiger partial charge in [-0.25, -0.2) is 13.2 Å². The van der Waals surface area contributed by atoms with E-state index in [0.717, 1.165) is 0 Å². The number of carbonyl (C=O) groups is 1. The van der Waals surface area contributed by atoms with Gasteiger partial charge in [-0.1, -0.05) is 6.08 Å². The van der Waals surface area contributed by atoms with Gasteiger partial charge in [0.05, 0.1) is 30.7 Å². The monoisotopic (exact) mass is 410 g/mol. The highest BCUT2D eigenvalue weighted by Gasteiger charge is 2.43. The van der Waals surface area contributed by atoms with Gasteiger partial charge in [-0.15, -0.1) is 0 Å². The summed E-state index contributed by atoms with van der Waals surface area (Å²) in [5.74, 6) is -0.464. The summed E-state index contributed by atoms with van der Waals surface area (Å²) in [7, 11) is -2.24. The van der Waals surface area contributed by atoms with Crippen molar-refractivity contribution in [1.82, 2.24) is 9.21 Å². The summed E-state index contributed by atoms with van der Waals surface area (Å²) in [5.41, 5.74) is 1.24. The third kappa shape index (κ3) is 3.87. The van der Waals surface area contributed by atoms with Gasteiger partial charge in [0, 0.05) is 13.1 Å². The van der Waals surface area contributed by atoms with Crippen LogP contribution < -0.4 is 4.74 Å². The van der Waals surface area contributed by atoms with Crippen molar-refractivity contribution in [3.05, 3.63) is 35.5 Å². The fourth-order valence-corrected chi connectivity index (χ4v) is 6.13. The van der Waals surface area contributed by atoms with Gasteiger partial charge in [0.1, 0.15) is 12.4 Å². The van der Waals surface area contributed by atoms with Crippen LogP contribution >= 0.6 is 0 Å². The Bertz CT molecular complexity index is 859. The fraction of sp³-hybridized carbons (Fsp3) is 0.526. The lowest BCUT2D eigenvalue weighted by molar-refractivity contribution is -0.143. The summed E-state index contributed by atoms with van der Waals surface area (Å²) < 4.78 is 39.2. The van der Waals surface area contributed by atoms with Gasteiger partial charge in [0.25, 0.3) is 0 Å². The number of fused-ring (bicyclic) bond motifs is 1. The van der Waals surface area contributed by atoms with Crippen molar-refractivity contribution in [2.24, 2.45) is 0 Å². The fourth-order valence-electron chi connectivity index (χ4n) is 4.08. The van der Waals surface area contributed by atoms with Crippen molar-refractivity contribution in [2.45, 2.75) is 37.2 Å². The van der Waals surface area contributed by atoms with E-state index < -0.39 is 28.6 Å².